The number of rotatable bonds is 3. The first-order valence-corrected chi connectivity index (χ1v) is 10.3. The summed E-state index contributed by atoms with van der Waals surface area (Å²) in [7, 11) is 0. The Hall–Kier alpha value is -3.86. The van der Waals surface area contributed by atoms with Gasteiger partial charge >= 0.3 is 0 Å². The Morgan fingerprint density at radius 3 is 2.68 bits per heavy atom. The number of fused-ring (bicyclic) bond motifs is 2. The average Bonchev–Trinajstić information content (AvgIpc) is 3.60. The lowest BCUT2D eigenvalue weighted by atomic mass is 10.0. The van der Waals surface area contributed by atoms with Crippen LogP contribution in [0, 0.1) is 5.82 Å². The average molecular weight is 407 g/mol. The number of pyridine rings is 3. The Bertz CT molecular complexity index is 1510. The van der Waals surface area contributed by atoms with Crippen molar-refractivity contribution in [3.8, 4) is 11.1 Å². The minimum absolute atomic E-state index is 0.0141. The summed E-state index contributed by atoms with van der Waals surface area (Å²) >= 11 is 0. The van der Waals surface area contributed by atoms with Gasteiger partial charge < -0.3 is 4.57 Å². The molecule has 0 unspecified atom stereocenters. The molecule has 1 saturated carbocycles. The maximum absolute atomic E-state index is 13.5. The minimum Gasteiger partial charge on any atom is -0.311 e. The van der Waals surface area contributed by atoms with E-state index in [2.05, 4.69) is 4.98 Å². The van der Waals surface area contributed by atoms with Crippen LogP contribution >= 0.6 is 0 Å². The Kier molecular flexibility index (Phi) is 3.96. The molecule has 2 aromatic carbocycles. The van der Waals surface area contributed by atoms with Crippen LogP contribution in [0.4, 0.5) is 4.39 Å². The van der Waals surface area contributed by atoms with E-state index in [1.165, 1.54) is 12.1 Å². The molecule has 0 aliphatic heterocycles. The van der Waals surface area contributed by atoms with Crippen molar-refractivity contribution in [1.29, 1.82) is 0 Å². The molecule has 4 nitrogen and oxygen atoms in total. The third kappa shape index (κ3) is 3.01. The predicted octanol–water partition coefficient (Wildman–Crippen LogP) is 5.48. The van der Waals surface area contributed by atoms with Crippen molar-refractivity contribution < 1.29 is 4.39 Å². The fourth-order valence-electron chi connectivity index (χ4n) is 4.46. The topological polar surface area (TPSA) is 47.8 Å². The zero-order chi connectivity index (χ0) is 20.9. The standard InChI is InChI=1S/C26H18FN3O/c27-19-5-7-22-18(14-19)4-6-23(29-22)21-15-24(21)30-13-10-17-2-1-3-20(25(17)26(30)31)16-8-11-28-12-9-16/h1-14,21,24H,15H2/t21-,24-/m1/s1. The number of aromatic nitrogens is 3. The van der Waals surface area contributed by atoms with Gasteiger partial charge in [-0.15, -0.1) is 0 Å². The van der Waals surface area contributed by atoms with Gasteiger partial charge in [-0.2, -0.15) is 0 Å². The molecule has 150 valence electrons. The molecule has 31 heavy (non-hydrogen) atoms. The van der Waals surface area contributed by atoms with E-state index in [1.54, 1.807) is 18.5 Å². The molecule has 0 N–H and O–H groups in total. The molecule has 3 aromatic heterocycles. The second-order valence-corrected chi connectivity index (χ2v) is 8.02. The van der Waals surface area contributed by atoms with Gasteiger partial charge in [0.1, 0.15) is 5.82 Å². The van der Waals surface area contributed by atoms with E-state index >= 15 is 0 Å². The first kappa shape index (κ1) is 18.0. The van der Waals surface area contributed by atoms with Gasteiger partial charge in [-0.1, -0.05) is 24.3 Å². The van der Waals surface area contributed by atoms with E-state index in [0.717, 1.165) is 44.9 Å². The number of nitrogens with zero attached hydrogens (tertiary/aromatic N) is 3. The molecule has 1 fully saturated rings. The Balaban J connectivity index is 1.41. The van der Waals surface area contributed by atoms with E-state index < -0.39 is 0 Å². The monoisotopic (exact) mass is 407 g/mol. The molecule has 5 heteroatoms. The van der Waals surface area contributed by atoms with Crippen molar-refractivity contribution >= 4 is 21.7 Å². The van der Waals surface area contributed by atoms with Gasteiger partial charge in [-0.3, -0.25) is 14.8 Å². The maximum atomic E-state index is 13.5. The summed E-state index contributed by atoms with van der Waals surface area (Å²) in [5.74, 6) is -0.0863. The second kappa shape index (κ2) is 6.84. The fraction of sp³-hybridized carbons (Fsp3) is 0.115. The van der Waals surface area contributed by atoms with Crippen LogP contribution < -0.4 is 5.56 Å². The molecule has 3 heterocycles. The zero-order valence-electron chi connectivity index (χ0n) is 16.6. The van der Waals surface area contributed by atoms with Crippen molar-refractivity contribution in [2.45, 2.75) is 18.4 Å². The van der Waals surface area contributed by atoms with Crippen LogP contribution in [0.3, 0.4) is 0 Å². The van der Waals surface area contributed by atoms with Crippen LogP contribution in [-0.2, 0) is 0 Å². The quantitative estimate of drug-likeness (QED) is 0.398. The van der Waals surface area contributed by atoms with Crippen LogP contribution in [0.1, 0.15) is 24.1 Å². The van der Waals surface area contributed by atoms with Crippen LogP contribution in [-0.4, -0.2) is 14.5 Å². The van der Waals surface area contributed by atoms with Crippen LogP contribution in [0.15, 0.2) is 90.1 Å². The highest BCUT2D eigenvalue weighted by Crippen LogP contribution is 2.50. The van der Waals surface area contributed by atoms with Crippen molar-refractivity contribution in [2.24, 2.45) is 0 Å². The van der Waals surface area contributed by atoms with Gasteiger partial charge in [0, 0.05) is 41.6 Å². The highest BCUT2D eigenvalue weighted by atomic mass is 19.1. The lowest BCUT2D eigenvalue weighted by Crippen LogP contribution is -2.19. The lowest BCUT2D eigenvalue weighted by Gasteiger charge is -2.11. The molecule has 5 aromatic rings. The van der Waals surface area contributed by atoms with E-state index in [0.29, 0.717) is 0 Å². The molecule has 0 amide bonds. The molecule has 1 aliphatic carbocycles. The first-order valence-electron chi connectivity index (χ1n) is 10.3. The molecule has 0 bridgehead atoms. The van der Waals surface area contributed by atoms with Crippen LogP contribution in [0.5, 0.6) is 0 Å². The fourth-order valence-corrected chi connectivity index (χ4v) is 4.46. The summed E-state index contributed by atoms with van der Waals surface area (Å²) in [5, 5.41) is 2.44. The van der Waals surface area contributed by atoms with E-state index in [9.17, 15) is 9.18 Å². The van der Waals surface area contributed by atoms with Crippen LogP contribution in [0.25, 0.3) is 32.8 Å². The molecule has 2 atom stereocenters. The van der Waals surface area contributed by atoms with Gasteiger partial charge in [0.15, 0.2) is 0 Å². The molecule has 0 radical (unpaired) electrons. The molecule has 0 saturated heterocycles. The molecule has 0 spiro atoms. The SMILES string of the molecule is O=c1c2c(-c3ccncc3)cccc2ccn1[C@@H]1C[C@@H]1c1ccc2cc(F)ccc2n1. The molecular weight excluding hydrogens is 389 g/mol. The minimum atomic E-state index is -0.265. The summed E-state index contributed by atoms with van der Waals surface area (Å²) in [6, 6.07) is 20.3. The summed E-state index contributed by atoms with van der Waals surface area (Å²) in [5.41, 5.74) is 3.63. The van der Waals surface area contributed by atoms with Crippen molar-refractivity contribution in [3.63, 3.8) is 0 Å². The number of hydrogen-bond donors (Lipinski definition) is 0. The predicted molar refractivity (Wildman–Crippen MR) is 120 cm³/mol. The number of benzene rings is 2. The summed E-state index contributed by atoms with van der Waals surface area (Å²) in [6.07, 6.45) is 6.23. The van der Waals surface area contributed by atoms with Gasteiger partial charge in [-0.25, -0.2) is 4.39 Å². The second-order valence-electron chi connectivity index (χ2n) is 8.02. The van der Waals surface area contributed by atoms with Gasteiger partial charge in [0.25, 0.3) is 5.56 Å². The van der Waals surface area contributed by atoms with Gasteiger partial charge in [0.2, 0.25) is 0 Å². The number of halogens is 1. The Morgan fingerprint density at radius 1 is 0.935 bits per heavy atom. The molecule has 1 aliphatic rings. The third-order valence-corrected chi connectivity index (χ3v) is 6.12. The lowest BCUT2D eigenvalue weighted by molar-refractivity contribution is 0.629. The largest absolute Gasteiger partial charge is 0.311 e. The van der Waals surface area contributed by atoms with Crippen molar-refractivity contribution in [2.75, 3.05) is 0 Å². The first-order chi connectivity index (χ1) is 15.2. The third-order valence-electron chi connectivity index (χ3n) is 6.12. The van der Waals surface area contributed by atoms with E-state index in [-0.39, 0.29) is 23.3 Å². The summed E-state index contributed by atoms with van der Waals surface area (Å²) in [4.78, 5) is 22.3. The van der Waals surface area contributed by atoms with Crippen molar-refractivity contribution in [3.05, 3.63) is 107 Å². The van der Waals surface area contributed by atoms with Gasteiger partial charge in [-0.05, 0) is 65.4 Å². The number of hydrogen-bond acceptors (Lipinski definition) is 3. The Morgan fingerprint density at radius 2 is 1.81 bits per heavy atom. The van der Waals surface area contributed by atoms with Crippen LogP contribution in [0.2, 0.25) is 0 Å². The van der Waals surface area contributed by atoms with E-state index in [4.69, 9.17) is 4.98 Å². The van der Waals surface area contributed by atoms with E-state index in [1.807, 2.05) is 59.3 Å². The molecular formula is C26H18FN3O. The smallest absolute Gasteiger partial charge is 0.259 e. The van der Waals surface area contributed by atoms with Gasteiger partial charge in [0.05, 0.1) is 10.9 Å². The Labute approximate surface area is 177 Å². The summed E-state index contributed by atoms with van der Waals surface area (Å²) < 4.78 is 15.3. The summed E-state index contributed by atoms with van der Waals surface area (Å²) in [6.45, 7) is 0. The zero-order valence-corrected chi connectivity index (χ0v) is 16.6. The highest BCUT2D eigenvalue weighted by molar-refractivity contribution is 5.95. The molecule has 6 rings (SSSR count). The van der Waals surface area contributed by atoms with Crippen molar-refractivity contribution in [1.82, 2.24) is 14.5 Å². The maximum Gasteiger partial charge on any atom is 0.259 e. The highest BCUT2D eigenvalue weighted by Gasteiger charge is 2.41. The normalized spacial score (nSPS) is 17.8.